The maximum absolute atomic E-state index is 13.5. The second kappa shape index (κ2) is 27.3. The third kappa shape index (κ3) is 17.7. The van der Waals surface area contributed by atoms with E-state index in [1.807, 2.05) is 0 Å². The minimum absolute atomic E-state index is 0.135. The average molecular weight is 751 g/mol. The van der Waals surface area contributed by atoms with Crippen LogP contribution in [0, 0.1) is 0 Å². The van der Waals surface area contributed by atoms with Crippen LogP contribution < -0.4 is 9.47 Å². The molecule has 0 saturated carbocycles. The van der Waals surface area contributed by atoms with Crippen LogP contribution in [0.1, 0.15) is 210 Å². The molecular formula is C44H62O10. The predicted molar refractivity (Wildman–Crippen MR) is 208 cm³/mol. The molecule has 0 aliphatic heterocycles. The number of ketones is 2. The summed E-state index contributed by atoms with van der Waals surface area (Å²) in [5.74, 6) is -4.13. The summed E-state index contributed by atoms with van der Waals surface area (Å²) in [6.45, 7) is 8.35. The summed E-state index contributed by atoms with van der Waals surface area (Å²) in [5, 5.41) is 0. The summed E-state index contributed by atoms with van der Waals surface area (Å²) in [5.41, 5.74) is -0.0966. The molecule has 0 amide bonds. The molecule has 0 radical (unpaired) electrons. The lowest BCUT2D eigenvalue weighted by atomic mass is 10.0. The largest absolute Gasteiger partial charge is 0.426 e. The van der Waals surface area contributed by atoms with Crippen molar-refractivity contribution in [3.8, 4) is 11.5 Å². The maximum Gasteiger partial charge on any atom is 0.390 e. The molecule has 0 saturated heterocycles. The molecule has 0 atom stereocenters. The van der Waals surface area contributed by atoms with E-state index in [-0.39, 0.29) is 71.0 Å². The number of ether oxygens (including phenoxy) is 2. The Morgan fingerprint density at radius 2 is 0.722 bits per heavy atom. The van der Waals surface area contributed by atoms with Crippen molar-refractivity contribution in [3.63, 3.8) is 0 Å². The number of hydrogen-bond acceptors (Lipinski definition) is 10. The van der Waals surface area contributed by atoms with Crippen LogP contribution >= 0.6 is 0 Å². The van der Waals surface area contributed by atoms with Crippen molar-refractivity contribution >= 4 is 35.4 Å². The molecule has 0 unspecified atom stereocenters. The monoisotopic (exact) mass is 750 g/mol. The molecule has 0 fully saturated rings. The third-order valence-electron chi connectivity index (χ3n) is 9.17. The van der Waals surface area contributed by atoms with Crippen LogP contribution in [0.5, 0.6) is 11.5 Å². The zero-order chi connectivity index (χ0) is 39.6. The number of Topliss-reactive ketones (excluding diaryl/α,β-unsaturated/α-hetero) is 2. The van der Waals surface area contributed by atoms with Gasteiger partial charge in [-0.25, -0.2) is 19.4 Å². The van der Waals surface area contributed by atoms with Gasteiger partial charge in [-0.3, -0.25) is 19.2 Å². The smallest absolute Gasteiger partial charge is 0.390 e. The van der Waals surface area contributed by atoms with Crippen LogP contribution in [-0.2, 0) is 19.4 Å². The highest BCUT2D eigenvalue weighted by Crippen LogP contribution is 2.27. The summed E-state index contributed by atoms with van der Waals surface area (Å²) < 4.78 is 11.0. The first-order valence-electron chi connectivity index (χ1n) is 20.3. The van der Waals surface area contributed by atoms with E-state index < -0.39 is 23.9 Å². The highest BCUT2D eigenvalue weighted by Gasteiger charge is 2.25. The number of esters is 2. The Kier molecular flexibility index (Phi) is 23.1. The molecule has 0 aromatic heterocycles. The summed E-state index contributed by atoms with van der Waals surface area (Å²) in [7, 11) is 0. The van der Waals surface area contributed by atoms with Gasteiger partial charge >= 0.3 is 23.9 Å². The maximum atomic E-state index is 13.5. The Balaban J connectivity index is 2.30. The van der Waals surface area contributed by atoms with Gasteiger partial charge in [0.15, 0.2) is 11.6 Å². The summed E-state index contributed by atoms with van der Waals surface area (Å²) in [4.78, 5) is 88.3. The molecule has 0 spiro atoms. The Hall–Kier alpha value is -4.34. The molecular weight excluding hydrogens is 688 g/mol. The van der Waals surface area contributed by atoms with Crippen molar-refractivity contribution in [2.45, 2.75) is 169 Å². The molecule has 54 heavy (non-hydrogen) atoms. The first kappa shape index (κ1) is 45.8. The van der Waals surface area contributed by atoms with Gasteiger partial charge in [0, 0.05) is 36.8 Å². The first-order chi connectivity index (χ1) is 26.1. The molecule has 2 aromatic rings. The quantitative estimate of drug-likeness (QED) is 0.0206. The number of benzene rings is 2. The molecule has 2 aromatic carbocycles. The fourth-order valence-electron chi connectivity index (χ4n) is 5.88. The van der Waals surface area contributed by atoms with Gasteiger partial charge in [-0.2, -0.15) is 0 Å². The summed E-state index contributed by atoms with van der Waals surface area (Å²) in [6, 6.07) is 8.26. The van der Waals surface area contributed by atoms with E-state index in [4.69, 9.17) is 19.2 Å². The number of carbonyl (C=O) groups excluding carboxylic acids is 6. The van der Waals surface area contributed by atoms with Gasteiger partial charge in [0.25, 0.3) is 0 Å². The van der Waals surface area contributed by atoms with Crippen LogP contribution in [0.2, 0.25) is 0 Å². The molecule has 0 bridgehead atoms. The van der Waals surface area contributed by atoms with Crippen LogP contribution in [0.4, 0.5) is 0 Å². The van der Waals surface area contributed by atoms with E-state index in [9.17, 15) is 28.8 Å². The normalized spacial score (nSPS) is 10.8. The fourth-order valence-corrected chi connectivity index (χ4v) is 5.88. The van der Waals surface area contributed by atoms with Gasteiger partial charge in [-0.1, -0.05) is 118 Å². The molecule has 10 heteroatoms. The molecule has 0 aliphatic carbocycles. The predicted octanol–water partition coefficient (Wildman–Crippen LogP) is 11.5. The van der Waals surface area contributed by atoms with Crippen molar-refractivity contribution in [2.75, 3.05) is 0 Å². The van der Waals surface area contributed by atoms with Crippen LogP contribution in [0.15, 0.2) is 36.4 Å². The Bertz CT molecular complexity index is 1380. The van der Waals surface area contributed by atoms with E-state index >= 15 is 0 Å². The number of unbranched alkanes of at least 4 members (excludes halogenated alkanes) is 14. The van der Waals surface area contributed by atoms with Gasteiger partial charge in [0.05, 0.1) is 0 Å². The van der Waals surface area contributed by atoms with E-state index in [0.717, 1.165) is 89.9 Å². The minimum atomic E-state index is -1.18. The second-order valence-corrected chi connectivity index (χ2v) is 13.9. The molecule has 0 N–H and O–H groups in total. The second-order valence-electron chi connectivity index (χ2n) is 13.9. The SMILES string of the molecule is CCCCCCCC(=O)c1ccc(OC(=O)CCCCCC)c(C(=O)OOC(=O)c2cc(C(=O)CCCCCCC)ccc2OC(=O)CCCCCC)c1. The Morgan fingerprint density at radius 1 is 0.407 bits per heavy atom. The average Bonchev–Trinajstić information content (AvgIpc) is 3.17. The molecule has 0 heterocycles. The zero-order valence-corrected chi connectivity index (χ0v) is 33.1. The summed E-state index contributed by atoms with van der Waals surface area (Å²) in [6.07, 6.45) is 17.3. The van der Waals surface area contributed by atoms with E-state index in [1.54, 1.807) is 0 Å². The van der Waals surface area contributed by atoms with Crippen molar-refractivity contribution < 1.29 is 48.0 Å². The lowest BCUT2D eigenvalue weighted by molar-refractivity contribution is -0.187. The topological polar surface area (TPSA) is 139 Å². The highest BCUT2D eigenvalue weighted by molar-refractivity contribution is 6.02. The van der Waals surface area contributed by atoms with Gasteiger partial charge in [0.1, 0.15) is 22.6 Å². The van der Waals surface area contributed by atoms with Crippen LogP contribution in [0.25, 0.3) is 0 Å². The van der Waals surface area contributed by atoms with Crippen molar-refractivity contribution in [3.05, 3.63) is 58.7 Å². The molecule has 10 nitrogen and oxygen atoms in total. The van der Waals surface area contributed by atoms with Gasteiger partial charge in [-0.05, 0) is 62.1 Å². The Morgan fingerprint density at radius 3 is 1.07 bits per heavy atom. The van der Waals surface area contributed by atoms with E-state index in [2.05, 4.69) is 27.7 Å². The standard InChI is InChI=1S/C44H62O10/c1-5-9-13-17-19-23-37(45)33-27-29-39(51-41(47)25-21-15-11-7-3)35(31-33)43(49)53-54-44(50)36-32-34(38(46)24-20-18-14-10-6-2)28-30-40(36)52-42(48)26-22-16-12-8-4/h27-32H,5-26H2,1-4H3. The van der Waals surface area contributed by atoms with E-state index in [1.165, 1.54) is 36.4 Å². The minimum Gasteiger partial charge on any atom is -0.426 e. The number of carbonyl (C=O) groups is 6. The Labute approximate surface area is 322 Å². The van der Waals surface area contributed by atoms with Crippen molar-refractivity contribution in [1.82, 2.24) is 0 Å². The summed E-state index contributed by atoms with van der Waals surface area (Å²) >= 11 is 0. The lowest BCUT2D eigenvalue weighted by Crippen LogP contribution is -2.17. The number of rotatable bonds is 28. The van der Waals surface area contributed by atoms with Crippen LogP contribution in [-0.4, -0.2) is 35.4 Å². The van der Waals surface area contributed by atoms with Crippen molar-refractivity contribution in [1.29, 1.82) is 0 Å². The fraction of sp³-hybridized carbons (Fsp3) is 0.591. The number of hydrogen-bond donors (Lipinski definition) is 0. The lowest BCUT2D eigenvalue weighted by Gasteiger charge is -2.13. The van der Waals surface area contributed by atoms with Gasteiger partial charge in [0.2, 0.25) is 0 Å². The highest BCUT2D eigenvalue weighted by atomic mass is 17.2. The zero-order valence-electron chi connectivity index (χ0n) is 33.1. The van der Waals surface area contributed by atoms with E-state index in [0.29, 0.717) is 25.7 Å². The van der Waals surface area contributed by atoms with Gasteiger partial charge < -0.3 is 9.47 Å². The third-order valence-corrected chi connectivity index (χ3v) is 9.17. The van der Waals surface area contributed by atoms with Crippen LogP contribution in [0.3, 0.4) is 0 Å². The van der Waals surface area contributed by atoms with Crippen molar-refractivity contribution in [2.24, 2.45) is 0 Å². The first-order valence-corrected chi connectivity index (χ1v) is 20.3. The molecule has 0 aliphatic rings. The molecule has 298 valence electrons. The molecule has 2 rings (SSSR count). The van der Waals surface area contributed by atoms with Gasteiger partial charge in [-0.15, -0.1) is 0 Å².